The maximum absolute atomic E-state index is 13.1. The Bertz CT molecular complexity index is 1430. The summed E-state index contributed by atoms with van der Waals surface area (Å²) in [5.74, 6) is 7.60. The lowest BCUT2D eigenvalue weighted by Gasteiger charge is -2.42. The van der Waals surface area contributed by atoms with E-state index < -0.39 is 0 Å². The highest BCUT2D eigenvalue weighted by atomic mass is 35.5. The molecule has 8 heteroatoms. The molecule has 5 rings (SSSR count). The maximum Gasteiger partial charge on any atom is 0.260 e. The number of rotatable bonds is 3. The van der Waals surface area contributed by atoms with Crippen molar-refractivity contribution in [2.75, 3.05) is 31.6 Å². The van der Waals surface area contributed by atoms with Gasteiger partial charge in [0.2, 0.25) is 0 Å². The van der Waals surface area contributed by atoms with Crippen LogP contribution in [0.3, 0.4) is 0 Å². The monoisotopic (exact) mass is 521 g/mol. The smallest absolute Gasteiger partial charge is 0.260 e. The van der Waals surface area contributed by atoms with Crippen LogP contribution in [0.2, 0.25) is 10.0 Å². The Kier molecular flexibility index (Phi) is 6.84. The van der Waals surface area contributed by atoms with E-state index in [1.54, 1.807) is 24.3 Å². The standard InChI is InChI=1S/C28H29Cl2N5O/c1-18-33-24(16-25(36)35(18)23-7-3-6-22(29)26(23)30)34-13-10-28(11-14-34)17-20-9-8-19(5-4-12-32-2)15-21(20)27(28)31/h3,6-9,15-16,27,32H,10-14,17,31H2,1-2H3/t27-/m1/s1. The molecule has 1 aliphatic heterocycles. The van der Waals surface area contributed by atoms with E-state index in [-0.39, 0.29) is 17.0 Å². The molecule has 1 aromatic heterocycles. The van der Waals surface area contributed by atoms with Crippen LogP contribution >= 0.6 is 23.2 Å². The van der Waals surface area contributed by atoms with Gasteiger partial charge < -0.3 is 16.0 Å². The summed E-state index contributed by atoms with van der Waals surface area (Å²) in [6, 6.07) is 13.2. The first-order valence-corrected chi connectivity index (χ1v) is 12.9. The Morgan fingerprint density at radius 3 is 2.69 bits per heavy atom. The van der Waals surface area contributed by atoms with Gasteiger partial charge in [0, 0.05) is 30.8 Å². The number of halogens is 2. The van der Waals surface area contributed by atoms with Gasteiger partial charge in [0.1, 0.15) is 11.6 Å². The summed E-state index contributed by atoms with van der Waals surface area (Å²) in [4.78, 5) is 20.1. The van der Waals surface area contributed by atoms with E-state index >= 15 is 0 Å². The van der Waals surface area contributed by atoms with E-state index in [0.29, 0.717) is 33.9 Å². The van der Waals surface area contributed by atoms with Gasteiger partial charge in [0.05, 0.1) is 22.3 Å². The number of benzene rings is 2. The van der Waals surface area contributed by atoms with E-state index in [9.17, 15) is 4.79 Å². The molecule has 0 bridgehead atoms. The molecule has 1 fully saturated rings. The third-order valence-corrected chi connectivity index (χ3v) is 8.32. The van der Waals surface area contributed by atoms with Gasteiger partial charge in [0.25, 0.3) is 5.56 Å². The molecule has 1 saturated heterocycles. The summed E-state index contributed by atoms with van der Waals surface area (Å²) in [6.07, 6.45) is 2.85. The lowest BCUT2D eigenvalue weighted by Crippen LogP contribution is -2.45. The average Bonchev–Trinajstić information content (AvgIpc) is 3.12. The fourth-order valence-corrected chi connectivity index (χ4v) is 5.93. The number of fused-ring (bicyclic) bond motifs is 1. The van der Waals surface area contributed by atoms with Gasteiger partial charge in [-0.25, -0.2) is 4.98 Å². The second-order valence-electron chi connectivity index (χ2n) is 9.66. The van der Waals surface area contributed by atoms with Crippen LogP contribution in [0.5, 0.6) is 0 Å². The Labute approximate surface area is 221 Å². The lowest BCUT2D eigenvalue weighted by atomic mass is 9.73. The molecule has 3 N–H and O–H groups in total. The minimum atomic E-state index is -0.182. The summed E-state index contributed by atoms with van der Waals surface area (Å²) >= 11 is 12.5. The number of nitrogens with zero attached hydrogens (tertiary/aromatic N) is 3. The second kappa shape index (κ2) is 9.91. The first-order valence-electron chi connectivity index (χ1n) is 12.1. The molecule has 186 valence electrons. The van der Waals surface area contributed by atoms with Gasteiger partial charge in [-0.3, -0.25) is 9.36 Å². The SMILES string of the molecule is CNCC#Cc1ccc2c(c1)[C@@H](N)C1(CCN(c3cc(=O)n(-c4cccc(Cl)c4Cl)c(C)n3)CC1)C2. The molecular formula is C28H29Cl2N5O. The van der Waals surface area contributed by atoms with Crippen molar-refractivity contribution < 1.29 is 0 Å². The highest BCUT2D eigenvalue weighted by molar-refractivity contribution is 6.43. The van der Waals surface area contributed by atoms with E-state index in [1.165, 1.54) is 15.7 Å². The summed E-state index contributed by atoms with van der Waals surface area (Å²) in [5.41, 5.74) is 10.8. The molecule has 3 aromatic rings. The quantitative estimate of drug-likeness (QED) is 0.503. The van der Waals surface area contributed by atoms with E-state index in [1.807, 2.05) is 14.0 Å². The zero-order valence-electron chi connectivity index (χ0n) is 20.4. The predicted octanol–water partition coefficient (Wildman–Crippen LogP) is 4.26. The fraction of sp³-hybridized carbons (Fsp3) is 0.357. The molecule has 2 heterocycles. The van der Waals surface area contributed by atoms with Crippen molar-refractivity contribution in [1.82, 2.24) is 14.9 Å². The van der Waals surface area contributed by atoms with Gasteiger partial charge in [-0.15, -0.1) is 0 Å². The van der Waals surface area contributed by atoms with Crippen molar-refractivity contribution >= 4 is 29.0 Å². The number of aromatic nitrogens is 2. The average molecular weight is 522 g/mol. The maximum atomic E-state index is 13.1. The number of anilines is 1. The number of nitrogens with one attached hydrogen (secondary N) is 1. The molecule has 0 amide bonds. The Morgan fingerprint density at radius 2 is 1.97 bits per heavy atom. The summed E-state index contributed by atoms with van der Waals surface area (Å²) in [5, 5.41) is 3.78. The second-order valence-corrected chi connectivity index (χ2v) is 10.4. The minimum absolute atomic E-state index is 0.0200. The third-order valence-electron chi connectivity index (χ3n) is 7.51. The third kappa shape index (κ3) is 4.42. The summed E-state index contributed by atoms with van der Waals surface area (Å²) in [6.45, 7) is 4.07. The van der Waals surface area contributed by atoms with E-state index in [2.05, 4.69) is 40.3 Å². The number of hydrogen-bond donors (Lipinski definition) is 2. The molecular weight excluding hydrogens is 493 g/mol. The molecule has 6 nitrogen and oxygen atoms in total. The van der Waals surface area contributed by atoms with Crippen LogP contribution in [-0.2, 0) is 6.42 Å². The van der Waals surface area contributed by atoms with E-state index in [0.717, 1.165) is 37.9 Å². The molecule has 2 aliphatic rings. The topological polar surface area (TPSA) is 76.2 Å². The number of aryl methyl sites for hydroxylation is 1. The van der Waals surface area contributed by atoms with Gasteiger partial charge in [0.15, 0.2) is 0 Å². The van der Waals surface area contributed by atoms with Crippen LogP contribution in [-0.4, -0.2) is 36.2 Å². The van der Waals surface area contributed by atoms with Crippen LogP contribution in [0.25, 0.3) is 5.69 Å². The molecule has 0 radical (unpaired) electrons. The normalized spacial score (nSPS) is 18.1. The van der Waals surface area contributed by atoms with Crippen molar-refractivity contribution in [3.05, 3.63) is 85.4 Å². The van der Waals surface area contributed by atoms with Crippen LogP contribution in [0.4, 0.5) is 5.82 Å². The van der Waals surface area contributed by atoms with Crippen molar-refractivity contribution in [1.29, 1.82) is 0 Å². The van der Waals surface area contributed by atoms with Crippen LogP contribution in [0, 0.1) is 24.2 Å². The molecule has 1 spiro atoms. The molecule has 0 saturated carbocycles. The Morgan fingerprint density at radius 1 is 1.19 bits per heavy atom. The highest BCUT2D eigenvalue weighted by Gasteiger charge is 2.46. The van der Waals surface area contributed by atoms with Crippen LogP contribution in [0.1, 0.15) is 41.4 Å². The highest BCUT2D eigenvalue weighted by Crippen LogP contribution is 2.51. The van der Waals surface area contributed by atoms with Gasteiger partial charge in [-0.1, -0.05) is 47.2 Å². The molecule has 36 heavy (non-hydrogen) atoms. The zero-order valence-corrected chi connectivity index (χ0v) is 22.0. The Balaban J connectivity index is 1.34. The van der Waals surface area contributed by atoms with Crippen molar-refractivity contribution in [2.45, 2.75) is 32.2 Å². The summed E-state index contributed by atoms with van der Waals surface area (Å²) < 4.78 is 1.50. The molecule has 2 aromatic carbocycles. The number of piperidine rings is 1. The predicted molar refractivity (Wildman–Crippen MR) is 146 cm³/mol. The molecule has 0 unspecified atom stereocenters. The minimum Gasteiger partial charge on any atom is -0.356 e. The Hall–Kier alpha value is -2.82. The fourth-order valence-electron chi connectivity index (χ4n) is 5.55. The van der Waals surface area contributed by atoms with Crippen molar-refractivity contribution in [2.24, 2.45) is 11.1 Å². The molecule has 1 aliphatic carbocycles. The van der Waals surface area contributed by atoms with Crippen LogP contribution in [0.15, 0.2) is 47.3 Å². The summed E-state index contributed by atoms with van der Waals surface area (Å²) in [7, 11) is 1.89. The largest absolute Gasteiger partial charge is 0.356 e. The van der Waals surface area contributed by atoms with Crippen molar-refractivity contribution in [3.63, 3.8) is 0 Å². The van der Waals surface area contributed by atoms with Gasteiger partial charge >= 0.3 is 0 Å². The van der Waals surface area contributed by atoms with Crippen LogP contribution < -0.4 is 21.5 Å². The lowest BCUT2D eigenvalue weighted by molar-refractivity contribution is 0.187. The number of nitrogens with two attached hydrogens (primary N) is 1. The van der Waals surface area contributed by atoms with Gasteiger partial charge in [-0.2, -0.15) is 0 Å². The van der Waals surface area contributed by atoms with Gasteiger partial charge in [-0.05, 0) is 74.0 Å². The first-order chi connectivity index (χ1) is 17.3. The number of hydrogen-bond acceptors (Lipinski definition) is 5. The van der Waals surface area contributed by atoms with Crippen molar-refractivity contribution in [3.8, 4) is 17.5 Å². The first kappa shape index (κ1) is 24.9. The zero-order chi connectivity index (χ0) is 25.4. The van der Waals surface area contributed by atoms with E-state index in [4.69, 9.17) is 33.9 Å². The molecule has 1 atom stereocenters.